The standard InChI is InChI=1S/C17H14Cl2O4/c1-8(20)12-4-10(6-14(18)16(12)22)3-11-5-13(9(2)21)17(23)15(19)7-11/h4-7,22-23H,3H2,1-2H3. The van der Waals surface area contributed by atoms with Crippen molar-refractivity contribution in [3.8, 4) is 11.5 Å². The molecule has 0 atom stereocenters. The van der Waals surface area contributed by atoms with Gasteiger partial charge >= 0.3 is 0 Å². The molecule has 0 fully saturated rings. The lowest BCUT2D eigenvalue weighted by Gasteiger charge is -2.10. The molecule has 2 N–H and O–H groups in total. The summed E-state index contributed by atoms with van der Waals surface area (Å²) in [6.45, 7) is 2.67. The Bertz CT molecular complexity index is 745. The van der Waals surface area contributed by atoms with Crippen LogP contribution >= 0.6 is 23.2 Å². The van der Waals surface area contributed by atoms with Crippen molar-refractivity contribution in [3.05, 3.63) is 56.6 Å². The van der Waals surface area contributed by atoms with Gasteiger partial charge in [0.25, 0.3) is 0 Å². The number of benzene rings is 2. The lowest BCUT2D eigenvalue weighted by molar-refractivity contribution is 0.100. The first-order chi connectivity index (χ1) is 10.7. The van der Waals surface area contributed by atoms with Crippen LogP contribution in [0.3, 0.4) is 0 Å². The predicted molar refractivity (Wildman–Crippen MR) is 89.0 cm³/mol. The molecule has 2 rings (SSSR count). The van der Waals surface area contributed by atoms with Gasteiger partial charge < -0.3 is 10.2 Å². The second-order valence-electron chi connectivity index (χ2n) is 5.24. The molecule has 4 nitrogen and oxygen atoms in total. The normalized spacial score (nSPS) is 10.6. The molecule has 120 valence electrons. The molecular formula is C17H14Cl2O4. The molecule has 0 aromatic heterocycles. The Labute approximate surface area is 143 Å². The third kappa shape index (κ3) is 3.66. The minimum absolute atomic E-state index is 0.0735. The van der Waals surface area contributed by atoms with Crippen molar-refractivity contribution in [1.82, 2.24) is 0 Å². The van der Waals surface area contributed by atoms with Crippen LogP contribution in [-0.2, 0) is 6.42 Å². The lowest BCUT2D eigenvalue weighted by atomic mass is 9.98. The molecule has 0 bridgehead atoms. The Morgan fingerprint density at radius 2 is 1.17 bits per heavy atom. The van der Waals surface area contributed by atoms with E-state index in [0.29, 0.717) is 17.5 Å². The number of ketones is 2. The number of carbonyl (C=O) groups excluding carboxylic acids is 2. The Morgan fingerprint density at radius 1 is 0.826 bits per heavy atom. The van der Waals surface area contributed by atoms with Gasteiger partial charge in [0, 0.05) is 0 Å². The van der Waals surface area contributed by atoms with E-state index in [9.17, 15) is 19.8 Å². The van der Waals surface area contributed by atoms with Gasteiger partial charge in [0.1, 0.15) is 11.5 Å². The first kappa shape index (κ1) is 17.3. The molecule has 2 aromatic carbocycles. The van der Waals surface area contributed by atoms with Crippen LogP contribution in [0.15, 0.2) is 24.3 Å². The monoisotopic (exact) mass is 352 g/mol. The molecule has 0 heterocycles. The molecule has 0 amide bonds. The molecule has 0 aliphatic rings. The molecule has 0 saturated heterocycles. The first-order valence-electron chi connectivity index (χ1n) is 6.75. The fraction of sp³-hybridized carbons (Fsp3) is 0.176. The quantitative estimate of drug-likeness (QED) is 0.799. The van der Waals surface area contributed by atoms with Crippen LogP contribution in [-0.4, -0.2) is 21.8 Å². The maximum Gasteiger partial charge on any atom is 0.163 e. The summed E-state index contributed by atoms with van der Waals surface area (Å²) >= 11 is 11.9. The number of halogens is 2. The Morgan fingerprint density at radius 3 is 1.48 bits per heavy atom. The molecule has 23 heavy (non-hydrogen) atoms. The Balaban J connectivity index is 2.48. The van der Waals surface area contributed by atoms with Crippen LogP contribution in [0.2, 0.25) is 10.0 Å². The zero-order valence-corrected chi connectivity index (χ0v) is 14.0. The zero-order valence-electron chi connectivity index (χ0n) is 12.5. The second kappa shape index (κ2) is 6.60. The smallest absolute Gasteiger partial charge is 0.163 e. The van der Waals surface area contributed by atoms with Crippen LogP contribution in [0.1, 0.15) is 45.7 Å². The highest BCUT2D eigenvalue weighted by atomic mass is 35.5. The Hall–Kier alpha value is -2.04. The number of carbonyl (C=O) groups is 2. The van der Waals surface area contributed by atoms with Gasteiger partial charge in [-0.05, 0) is 55.7 Å². The number of hydrogen-bond acceptors (Lipinski definition) is 4. The van der Waals surface area contributed by atoms with Crippen molar-refractivity contribution >= 4 is 34.8 Å². The number of phenolic OH excluding ortho intramolecular Hbond substituents is 2. The van der Waals surface area contributed by atoms with E-state index < -0.39 is 0 Å². The number of phenols is 2. The summed E-state index contributed by atoms with van der Waals surface area (Å²) in [6.07, 6.45) is 0.334. The summed E-state index contributed by atoms with van der Waals surface area (Å²) in [5, 5.41) is 19.8. The molecule has 0 aliphatic carbocycles. The fourth-order valence-electron chi connectivity index (χ4n) is 2.29. The number of hydrogen-bond donors (Lipinski definition) is 2. The van der Waals surface area contributed by atoms with Crippen molar-refractivity contribution < 1.29 is 19.8 Å². The van der Waals surface area contributed by atoms with Gasteiger partial charge in [-0.25, -0.2) is 0 Å². The predicted octanol–water partition coefficient (Wildman–Crippen LogP) is 4.40. The number of rotatable bonds is 4. The number of aromatic hydroxyl groups is 2. The van der Waals surface area contributed by atoms with Gasteiger partial charge in [-0.2, -0.15) is 0 Å². The van der Waals surface area contributed by atoms with E-state index in [1.807, 2.05) is 0 Å². The van der Waals surface area contributed by atoms with Crippen LogP contribution in [0.25, 0.3) is 0 Å². The van der Waals surface area contributed by atoms with Gasteiger partial charge in [-0.3, -0.25) is 9.59 Å². The molecule has 0 unspecified atom stereocenters. The summed E-state index contributed by atoms with van der Waals surface area (Å²) in [6, 6.07) is 6.16. The van der Waals surface area contributed by atoms with E-state index in [4.69, 9.17) is 23.2 Å². The molecule has 6 heteroatoms. The average molecular weight is 353 g/mol. The van der Waals surface area contributed by atoms with E-state index in [-0.39, 0.29) is 44.2 Å². The molecule has 0 saturated carbocycles. The van der Waals surface area contributed by atoms with E-state index in [1.54, 1.807) is 0 Å². The third-order valence-electron chi connectivity index (χ3n) is 3.41. The van der Waals surface area contributed by atoms with Gasteiger partial charge in [0.2, 0.25) is 0 Å². The number of Topliss-reactive ketones (excluding diaryl/α,β-unsaturated/α-hetero) is 2. The summed E-state index contributed by atoms with van der Waals surface area (Å²) < 4.78 is 0. The van der Waals surface area contributed by atoms with Gasteiger partial charge in [-0.15, -0.1) is 0 Å². The first-order valence-corrected chi connectivity index (χ1v) is 7.51. The molecule has 2 aromatic rings. The molecule has 0 spiro atoms. The fourth-order valence-corrected chi connectivity index (χ4v) is 2.77. The highest BCUT2D eigenvalue weighted by Gasteiger charge is 2.15. The zero-order chi connectivity index (χ0) is 17.3. The Kier molecular flexibility index (Phi) is 4.97. The van der Waals surface area contributed by atoms with Crippen LogP contribution < -0.4 is 0 Å². The minimum atomic E-state index is -0.306. The summed E-state index contributed by atoms with van der Waals surface area (Å²) in [5.74, 6) is -1.12. The van der Waals surface area contributed by atoms with E-state index >= 15 is 0 Å². The summed E-state index contributed by atoms with van der Waals surface area (Å²) in [5.41, 5.74) is 1.61. The molecular weight excluding hydrogens is 339 g/mol. The SMILES string of the molecule is CC(=O)c1cc(Cc2cc(Cl)c(O)c(C(C)=O)c2)cc(Cl)c1O. The van der Waals surface area contributed by atoms with Crippen LogP contribution in [0.4, 0.5) is 0 Å². The van der Waals surface area contributed by atoms with E-state index in [2.05, 4.69) is 0 Å². The summed E-state index contributed by atoms with van der Waals surface area (Å²) in [7, 11) is 0. The minimum Gasteiger partial charge on any atom is -0.506 e. The third-order valence-corrected chi connectivity index (χ3v) is 3.99. The molecule has 0 aliphatic heterocycles. The van der Waals surface area contributed by atoms with Gasteiger partial charge in [0.15, 0.2) is 11.6 Å². The summed E-state index contributed by atoms with van der Waals surface area (Å²) in [4.78, 5) is 23.1. The van der Waals surface area contributed by atoms with Crippen molar-refractivity contribution in [2.24, 2.45) is 0 Å². The van der Waals surface area contributed by atoms with Crippen LogP contribution in [0, 0.1) is 0 Å². The van der Waals surface area contributed by atoms with E-state index in [0.717, 1.165) is 0 Å². The maximum absolute atomic E-state index is 11.5. The maximum atomic E-state index is 11.5. The highest BCUT2D eigenvalue weighted by Crippen LogP contribution is 2.33. The topological polar surface area (TPSA) is 74.6 Å². The molecule has 0 radical (unpaired) electrons. The average Bonchev–Trinajstić information content (AvgIpc) is 2.45. The highest BCUT2D eigenvalue weighted by molar-refractivity contribution is 6.33. The lowest BCUT2D eigenvalue weighted by Crippen LogP contribution is -1.99. The second-order valence-corrected chi connectivity index (χ2v) is 6.05. The van der Waals surface area contributed by atoms with Crippen molar-refractivity contribution in [1.29, 1.82) is 0 Å². The van der Waals surface area contributed by atoms with Gasteiger partial charge in [0.05, 0.1) is 21.2 Å². The van der Waals surface area contributed by atoms with Crippen molar-refractivity contribution in [2.75, 3.05) is 0 Å². The van der Waals surface area contributed by atoms with Crippen molar-refractivity contribution in [2.45, 2.75) is 20.3 Å². The van der Waals surface area contributed by atoms with Crippen LogP contribution in [0.5, 0.6) is 11.5 Å². The van der Waals surface area contributed by atoms with Gasteiger partial charge in [-0.1, -0.05) is 23.2 Å². The van der Waals surface area contributed by atoms with E-state index in [1.165, 1.54) is 38.1 Å². The largest absolute Gasteiger partial charge is 0.506 e. The van der Waals surface area contributed by atoms with Crippen molar-refractivity contribution in [3.63, 3.8) is 0 Å².